The van der Waals surface area contributed by atoms with Gasteiger partial charge >= 0.3 is 0 Å². The summed E-state index contributed by atoms with van der Waals surface area (Å²) in [6.45, 7) is 7.26. The highest BCUT2D eigenvalue weighted by molar-refractivity contribution is 7.17. The zero-order valence-electron chi connectivity index (χ0n) is 27.7. The maximum Gasteiger partial charge on any atom is 0.259 e. The largest absolute Gasteiger partial charge is 0.381 e. The predicted molar refractivity (Wildman–Crippen MR) is 190 cm³/mol. The Bertz CT molecular complexity index is 2140. The van der Waals surface area contributed by atoms with Crippen LogP contribution in [-0.2, 0) is 11.2 Å². The average Bonchev–Trinajstić information content (AvgIpc) is 3.71. The second kappa shape index (κ2) is 12.6. The van der Waals surface area contributed by atoms with Crippen LogP contribution in [0.4, 0.5) is 21.6 Å². The normalized spacial score (nSPS) is 16.3. The lowest BCUT2D eigenvalue weighted by atomic mass is 9.73. The zero-order valence-corrected chi connectivity index (χ0v) is 28.5. The van der Waals surface area contributed by atoms with Gasteiger partial charge in [-0.15, -0.1) is 11.3 Å². The van der Waals surface area contributed by atoms with E-state index >= 15 is 0 Å². The number of amides is 2. The van der Waals surface area contributed by atoms with E-state index in [2.05, 4.69) is 25.4 Å². The van der Waals surface area contributed by atoms with Crippen molar-refractivity contribution in [2.75, 3.05) is 48.0 Å². The van der Waals surface area contributed by atoms with Crippen LogP contribution >= 0.6 is 11.3 Å². The Labute approximate surface area is 292 Å². The van der Waals surface area contributed by atoms with Gasteiger partial charge in [0.15, 0.2) is 0 Å². The minimum atomic E-state index is -0.463. The van der Waals surface area contributed by atoms with Crippen molar-refractivity contribution < 1.29 is 23.5 Å². The summed E-state index contributed by atoms with van der Waals surface area (Å²) in [5.74, 6) is -0.516. The van der Waals surface area contributed by atoms with E-state index < -0.39 is 5.82 Å². The summed E-state index contributed by atoms with van der Waals surface area (Å²) in [4.78, 5) is 50.5. The molecule has 2 saturated heterocycles. The maximum absolute atomic E-state index is 14.7. The number of carbonyl (C=O) groups excluding carboxylic acids is 3. The molecule has 0 unspecified atom stereocenters. The van der Waals surface area contributed by atoms with E-state index in [9.17, 15) is 18.8 Å². The van der Waals surface area contributed by atoms with Gasteiger partial charge in [-0.2, -0.15) is 5.10 Å². The fraction of sp³-hybridized carbons (Fsp3) is 0.289. The molecule has 3 aliphatic heterocycles. The minimum absolute atomic E-state index is 0.161. The number of aryl methyl sites for hydroxylation is 2. The number of carbonyl (C=O) groups is 3. The molecule has 1 spiro atoms. The number of H-pyrrole nitrogens is 1. The number of anilines is 3. The second-order valence-electron chi connectivity index (χ2n) is 13.5. The van der Waals surface area contributed by atoms with Crippen LogP contribution < -0.4 is 15.1 Å². The van der Waals surface area contributed by atoms with E-state index in [0.29, 0.717) is 57.4 Å². The van der Waals surface area contributed by atoms with E-state index in [0.717, 1.165) is 60.8 Å². The van der Waals surface area contributed by atoms with Crippen molar-refractivity contribution in [1.29, 1.82) is 0 Å². The number of pyridine rings is 1. The molecule has 2 N–H and O–H groups in total. The van der Waals surface area contributed by atoms with Crippen LogP contribution in [0.15, 0.2) is 66.9 Å². The zero-order chi connectivity index (χ0) is 34.6. The average molecular weight is 691 g/mol. The number of nitrogens with zero attached hydrogens (tertiary/aromatic N) is 4. The lowest BCUT2D eigenvalue weighted by Gasteiger charge is -2.53. The van der Waals surface area contributed by atoms with Crippen molar-refractivity contribution in [3.05, 3.63) is 111 Å². The summed E-state index contributed by atoms with van der Waals surface area (Å²) in [7, 11) is 0. The van der Waals surface area contributed by atoms with Crippen molar-refractivity contribution in [3.63, 3.8) is 0 Å². The van der Waals surface area contributed by atoms with Gasteiger partial charge in [-0.25, -0.2) is 9.37 Å². The molecule has 0 saturated carbocycles. The number of aromatic nitrogens is 3. The lowest BCUT2D eigenvalue weighted by Crippen LogP contribution is -2.59. The first-order chi connectivity index (χ1) is 24.2. The molecule has 2 amide bonds. The molecule has 0 bridgehead atoms. The first-order valence-corrected chi connectivity index (χ1v) is 17.5. The van der Waals surface area contributed by atoms with E-state index in [-0.39, 0.29) is 23.0 Å². The number of nitrogens with one attached hydrogen (secondary N) is 2. The molecule has 3 aliphatic rings. The minimum Gasteiger partial charge on any atom is -0.381 e. The quantitative estimate of drug-likeness (QED) is 0.193. The monoisotopic (exact) mass is 690 g/mol. The topological polar surface area (TPSA) is 121 Å². The number of rotatable bonds is 6. The smallest absolute Gasteiger partial charge is 0.259 e. The number of halogens is 1. The Morgan fingerprint density at radius 2 is 1.78 bits per heavy atom. The number of hydrogen-bond acceptors (Lipinski definition) is 8. The number of ketones is 1. The molecule has 3 aromatic heterocycles. The van der Waals surface area contributed by atoms with Gasteiger partial charge in [0.05, 0.1) is 21.8 Å². The van der Waals surface area contributed by atoms with Gasteiger partial charge in [-0.3, -0.25) is 19.5 Å². The van der Waals surface area contributed by atoms with Crippen LogP contribution in [-0.4, -0.2) is 65.6 Å². The first kappa shape index (κ1) is 32.0. The maximum atomic E-state index is 14.7. The van der Waals surface area contributed by atoms with E-state index in [1.165, 1.54) is 23.5 Å². The van der Waals surface area contributed by atoms with Gasteiger partial charge in [0, 0.05) is 66.2 Å². The number of hydrogen-bond donors (Lipinski definition) is 2. The van der Waals surface area contributed by atoms with Crippen LogP contribution in [0, 0.1) is 25.1 Å². The third-order valence-corrected chi connectivity index (χ3v) is 11.1. The van der Waals surface area contributed by atoms with Crippen molar-refractivity contribution in [2.45, 2.75) is 33.1 Å². The molecule has 12 heteroatoms. The van der Waals surface area contributed by atoms with E-state index in [4.69, 9.17) is 4.74 Å². The predicted octanol–water partition coefficient (Wildman–Crippen LogP) is 6.59. The molecule has 254 valence electrons. The summed E-state index contributed by atoms with van der Waals surface area (Å²) >= 11 is 1.33. The highest BCUT2D eigenvalue weighted by Gasteiger charge is 2.45. The highest BCUT2D eigenvalue weighted by atomic mass is 32.1. The Hall–Kier alpha value is -5.20. The standard InChI is InChI=1S/C38H35FN6O4S/c1-22-15-29(35(40-19-22)44-20-38(21-44)10-13-49-14-11-38)36(47)41-27-6-3-24(4-7-27)37(48)45-12-9-25-17-32(33(46)30-16-23(2)42-43-30)50-34(25)28-8-5-26(39)18-31(28)45/h3-8,15-19H,9-14,20-21H2,1-2H3,(H,41,47)(H,42,43). The van der Waals surface area contributed by atoms with Gasteiger partial charge < -0.3 is 19.9 Å². The molecular weight excluding hydrogens is 656 g/mol. The fourth-order valence-electron chi connectivity index (χ4n) is 7.17. The Morgan fingerprint density at radius 1 is 1.00 bits per heavy atom. The lowest BCUT2D eigenvalue weighted by molar-refractivity contribution is -0.000511. The first-order valence-electron chi connectivity index (χ1n) is 16.7. The summed E-state index contributed by atoms with van der Waals surface area (Å²) in [6, 6.07) is 16.6. The number of ether oxygens (including phenoxy) is 1. The molecule has 0 radical (unpaired) electrons. The third-order valence-electron chi connectivity index (χ3n) is 9.87. The highest BCUT2D eigenvalue weighted by Crippen LogP contribution is 2.44. The summed E-state index contributed by atoms with van der Waals surface area (Å²) in [5.41, 5.74) is 5.74. The Balaban J connectivity index is 1.00. The van der Waals surface area contributed by atoms with E-state index in [1.807, 2.05) is 26.0 Å². The molecule has 8 rings (SSSR count). The van der Waals surface area contributed by atoms with Crippen LogP contribution in [0.25, 0.3) is 10.4 Å². The molecule has 0 atom stereocenters. The molecular formula is C38H35FN6O4S. The van der Waals surface area contributed by atoms with Crippen molar-refractivity contribution in [1.82, 2.24) is 15.2 Å². The van der Waals surface area contributed by atoms with Gasteiger partial charge in [-0.1, -0.05) is 0 Å². The third kappa shape index (κ3) is 5.88. The Kier molecular flexibility index (Phi) is 8.07. The van der Waals surface area contributed by atoms with Crippen molar-refractivity contribution in [3.8, 4) is 10.4 Å². The van der Waals surface area contributed by atoms with Gasteiger partial charge in [0.2, 0.25) is 5.78 Å². The van der Waals surface area contributed by atoms with Crippen molar-refractivity contribution in [2.24, 2.45) is 5.41 Å². The molecule has 50 heavy (non-hydrogen) atoms. The van der Waals surface area contributed by atoms with Crippen molar-refractivity contribution >= 4 is 46.1 Å². The van der Waals surface area contributed by atoms with Crippen LogP contribution in [0.5, 0.6) is 0 Å². The SMILES string of the molecule is Cc1cnc(N2CC3(CCOCC3)C2)c(C(=O)Nc2ccc(C(=O)N3CCc4cc(C(=O)c5cc(C)n[nH]5)sc4-c4ccc(F)cc43)cc2)c1. The van der Waals surface area contributed by atoms with Crippen LogP contribution in [0.2, 0.25) is 0 Å². The molecule has 10 nitrogen and oxygen atoms in total. The summed E-state index contributed by atoms with van der Waals surface area (Å²) in [6.07, 6.45) is 4.30. The molecule has 0 aliphatic carbocycles. The molecule has 2 fully saturated rings. The molecule has 2 aromatic carbocycles. The number of benzene rings is 2. The second-order valence-corrected chi connectivity index (χ2v) is 14.5. The molecule has 6 heterocycles. The Morgan fingerprint density at radius 3 is 2.52 bits per heavy atom. The summed E-state index contributed by atoms with van der Waals surface area (Å²) < 4.78 is 20.2. The number of aromatic amines is 1. The fourth-order valence-corrected chi connectivity index (χ4v) is 8.37. The van der Waals surface area contributed by atoms with Gasteiger partial charge in [0.25, 0.3) is 11.8 Å². The van der Waals surface area contributed by atoms with Gasteiger partial charge in [-0.05, 0) is 105 Å². The van der Waals surface area contributed by atoms with Gasteiger partial charge in [0.1, 0.15) is 17.3 Å². The molecule has 5 aromatic rings. The van der Waals surface area contributed by atoms with E-state index in [1.54, 1.807) is 47.5 Å². The summed E-state index contributed by atoms with van der Waals surface area (Å²) in [5, 5.41) is 9.84. The number of thiophene rings is 1. The number of fused-ring (bicyclic) bond motifs is 3. The van der Waals surface area contributed by atoms with Crippen LogP contribution in [0.3, 0.4) is 0 Å². The van der Waals surface area contributed by atoms with Crippen LogP contribution in [0.1, 0.15) is 65.7 Å².